The standard InChI is InChI=1S/C21H23NSi/c1-14-11-15(2)21(16(3)12-14)23-18-9-10-20(23)19(13-18)22-17-7-5-4-6-8-17/h4-8,11-13,22-23H,9-10H2,1-3H3. The molecule has 2 aromatic rings. The van der Waals surface area contributed by atoms with Crippen molar-refractivity contribution >= 4 is 19.7 Å². The number of para-hydroxylation sites is 1. The zero-order chi connectivity index (χ0) is 16.0. The lowest BCUT2D eigenvalue weighted by Gasteiger charge is -2.17. The van der Waals surface area contributed by atoms with Gasteiger partial charge in [0.25, 0.3) is 0 Å². The molecule has 1 saturated heterocycles. The molecule has 2 aliphatic heterocycles. The van der Waals surface area contributed by atoms with E-state index in [4.69, 9.17) is 0 Å². The second kappa shape index (κ2) is 5.54. The molecule has 2 heteroatoms. The van der Waals surface area contributed by atoms with Gasteiger partial charge in [0.05, 0.1) is 0 Å². The van der Waals surface area contributed by atoms with E-state index in [1.54, 1.807) is 15.6 Å². The molecule has 4 rings (SSSR count). The van der Waals surface area contributed by atoms with Crippen LogP contribution in [0.3, 0.4) is 0 Å². The highest BCUT2D eigenvalue weighted by Gasteiger charge is 2.37. The van der Waals surface area contributed by atoms with E-state index in [1.807, 2.05) is 0 Å². The second-order valence-electron chi connectivity index (χ2n) is 6.89. The quantitative estimate of drug-likeness (QED) is 0.836. The van der Waals surface area contributed by atoms with Crippen LogP contribution in [0.4, 0.5) is 5.69 Å². The van der Waals surface area contributed by atoms with Crippen molar-refractivity contribution < 1.29 is 0 Å². The maximum atomic E-state index is 3.66. The molecule has 2 aliphatic rings. The number of rotatable bonds is 3. The predicted octanol–water partition coefficient (Wildman–Crippen LogP) is 4.22. The first kappa shape index (κ1) is 14.5. The fraction of sp³-hybridized carbons (Fsp3) is 0.238. The normalized spacial score (nSPS) is 19.3. The summed E-state index contributed by atoms with van der Waals surface area (Å²) in [6, 6.07) is 15.3. The number of benzene rings is 2. The Morgan fingerprint density at radius 2 is 1.61 bits per heavy atom. The Balaban J connectivity index is 1.74. The SMILES string of the molecule is Cc1cc(C)c([SiH]2C3=CC(Nc4ccccc4)=C2CC3)c(C)c1. The molecule has 0 aromatic heterocycles. The third-order valence-electron chi connectivity index (χ3n) is 5.16. The average Bonchev–Trinajstić information content (AvgIpc) is 3.05. The zero-order valence-corrected chi connectivity index (χ0v) is 15.3. The summed E-state index contributed by atoms with van der Waals surface area (Å²) in [7, 11) is -1.14. The van der Waals surface area contributed by atoms with Gasteiger partial charge in [0.2, 0.25) is 0 Å². The van der Waals surface area contributed by atoms with Crippen molar-refractivity contribution in [1.29, 1.82) is 0 Å². The minimum Gasteiger partial charge on any atom is -0.356 e. The lowest BCUT2D eigenvalue weighted by Crippen LogP contribution is -2.34. The average molecular weight is 318 g/mol. The topological polar surface area (TPSA) is 12.0 Å². The van der Waals surface area contributed by atoms with Gasteiger partial charge in [0.1, 0.15) is 8.80 Å². The molecule has 1 atom stereocenters. The third kappa shape index (κ3) is 2.47. The summed E-state index contributed by atoms with van der Waals surface area (Å²) >= 11 is 0. The van der Waals surface area contributed by atoms with E-state index in [2.05, 4.69) is 74.6 Å². The Labute approximate surface area is 140 Å². The summed E-state index contributed by atoms with van der Waals surface area (Å²) < 4.78 is 0. The van der Waals surface area contributed by atoms with E-state index in [9.17, 15) is 0 Å². The number of hydrogen-bond donors (Lipinski definition) is 1. The molecule has 1 unspecified atom stereocenters. The Hall–Kier alpha value is -2.06. The molecule has 1 N–H and O–H groups in total. The number of allylic oxidation sites excluding steroid dienone is 3. The largest absolute Gasteiger partial charge is 0.356 e. The number of fused-ring (bicyclic) bond motifs is 2. The molecular formula is C21H23NSi. The molecular weight excluding hydrogens is 294 g/mol. The molecule has 0 spiro atoms. The van der Waals surface area contributed by atoms with Gasteiger partial charge in [-0.25, -0.2) is 0 Å². The lowest BCUT2D eigenvalue weighted by atomic mass is 10.1. The van der Waals surface area contributed by atoms with Crippen LogP contribution in [0.2, 0.25) is 0 Å². The molecule has 0 amide bonds. The molecule has 0 radical (unpaired) electrons. The minimum absolute atomic E-state index is 1.14. The van der Waals surface area contributed by atoms with Crippen molar-refractivity contribution in [3.63, 3.8) is 0 Å². The van der Waals surface area contributed by atoms with Crippen molar-refractivity contribution in [3.05, 3.63) is 81.3 Å². The van der Waals surface area contributed by atoms with E-state index in [0.29, 0.717) is 0 Å². The molecule has 2 bridgehead atoms. The molecule has 0 aliphatic carbocycles. The van der Waals surface area contributed by atoms with E-state index >= 15 is 0 Å². The van der Waals surface area contributed by atoms with Crippen LogP contribution in [0.25, 0.3) is 0 Å². The fourth-order valence-corrected chi connectivity index (χ4v) is 8.22. The number of nitrogens with one attached hydrogen (secondary N) is 1. The van der Waals surface area contributed by atoms with Crippen molar-refractivity contribution in [2.24, 2.45) is 0 Å². The first-order valence-electron chi connectivity index (χ1n) is 8.47. The van der Waals surface area contributed by atoms with Crippen LogP contribution in [0, 0.1) is 20.8 Å². The summed E-state index contributed by atoms with van der Waals surface area (Å²) in [5.74, 6) is 0. The summed E-state index contributed by atoms with van der Waals surface area (Å²) in [4.78, 5) is 0. The third-order valence-corrected chi connectivity index (χ3v) is 9.14. The lowest BCUT2D eigenvalue weighted by molar-refractivity contribution is 1.02. The van der Waals surface area contributed by atoms with E-state index in [-0.39, 0.29) is 0 Å². The molecule has 1 fully saturated rings. The Kier molecular flexibility index (Phi) is 3.50. The Morgan fingerprint density at radius 1 is 0.913 bits per heavy atom. The van der Waals surface area contributed by atoms with Crippen LogP contribution < -0.4 is 10.5 Å². The van der Waals surface area contributed by atoms with Crippen LogP contribution in [0.5, 0.6) is 0 Å². The van der Waals surface area contributed by atoms with Crippen LogP contribution in [0.15, 0.2) is 64.6 Å². The number of hydrogen-bond acceptors (Lipinski definition) is 1. The summed E-state index contributed by atoms with van der Waals surface area (Å²) in [6.07, 6.45) is 4.98. The van der Waals surface area contributed by atoms with Crippen molar-refractivity contribution in [2.45, 2.75) is 33.6 Å². The highest BCUT2D eigenvalue weighted by Crippen LogP contribution is 2.39. The number of aryl methyl sites for hydroxylation is 3. The fourth-order valence-electron chi connectivity index (χ4n) is 4.31. The van der Waals surface area contributed by atoms with Gasteiger partial charge in [-0.2, -0.15) is 0 Å². The van der Waals surface area contributed by atoms with Gasteiger partial charge in [-0.1, -0.05) is 57.4 Å². The maximum absolute atomic E-state index is 3.66. The Bertz CT molecular complexity index is 807. The molecule has 2 aromatic carbocycles. The molecule has 2 heterocycles. The van der Waals surface area contributed by atoms with Crippen molar-refractivity contribution in [3.8, 4) is 0 Å². The monoisotopic (exact) mass is 317 g/mol. The first-order chi connectivity index (χ1) is 11.1. The van der Waals surface area contributed by atoms with Crippen LogP contribution in [0.1, 0.15) is 29.5 Å². The highest BCUT2D eigenvalue weighted by atomic mass is 28.3. The van der Waals surface area contributed by atoms with Crippen molar-refractivity contribution in [1.82, 2.24) is 0 Å². The summed E-state index contributed by atoms with van der Waals surface area (Å²) in [6.45, 7) is 6.80. The maximum Gasteiger partial charge on any atom is 0.127 e. The minimum atomic E-state index is -1.14. The molecule has 23 heavy (non-hydrogen) atoms. The van der Waals surface area contributed by atoms with Gasteiger partial charge in [0, 0.05) is 11.4 Å². The van der Waals surface area contributed by atoms with Crippen LogP contribution >= 0.6 is 0 Å². The Morgan fingerprint density at radius 3 is 2.30 bits per heavy atom. The van der Waals surface area contributed by atoms with Crippen LogP contribution in [-0.4, -0.2) is 8.80 Å². The predicted molar refractivity (Wildman–Crippen MR) is 102 cm³/mol. The van der Waals surface area contributed by atoms with Gasteiger partial charge in [0.15, 0.2) is 0 Å². The molecule has 1 nitrogen and oxygen atoms in total. The van der Waals surface area contributed by atoms with E-state index < -0.39 is 8.80 Å². The smallest absolute Gasteiger partial charge is 0.127 e. The summed E-state index contributed by atoms with van der Waals surface area (Å²) in [5.41, 5.74) is 6.95. The summed E-state index contributed by atoms with van der Waals surface area (Å²) in [5, 5.41) is 8.75. The van der Waals surface area contributed by atoms with Gasteiger partial charge >= 0.3 is 0 Å². The van der Waals surface area contributed by atoms with Gasteiger partial charge < -0.3 is 5.32 Å². The molecule has 116 valence electrons. The zero-order valence-electron chi connectivity index (χ0n) is 14.1. The first-order valence-corrected chi connectivity index (χ1v) is 10.2. The van der Waals surface area contributed by atoms with E-state index in [0.717, 1.165) is 0 Å². The number of anilines is 1. The second-order valence-corrected chi connectivity index (χ2v) is 9.78. The van der Waals surface area contributed by atoms with Gasteiger partial charge in [-0.15, -0.1) is 0 Å². The van der Waals surface area contributed by atoms with Gasteiger partial charge in [-0.05, 0) is 57.0 Å². The van der Waals surface area contributed by atoms with Crippen LogP contribution in [-0.2, 0) is 0 Å². The van der Waals surface area contributed by atoms with Crippen molar-refractivity contribution in [2.75, 3.05) is 5.32 Å². The highest BCUT2D eigenvalue weighted by molar-refractivity contribution is 6.88. The van der Waals surface area contributed by atoms with E-state index in [1.165, 1.54) is 40.9 Å². The van der Waals surface area contributed by atoms with Gasteiger partial charge in [-0.3, -0.25) is 0 Å². The molecule has 0 saturated carbocycles.